The Morgan fingerprint density at radius 3 is 2.62 bits per heavy atom. The summed E-state index contributed by atoms with van der Waals surface area (Å²) in [5, 5.41) is 7.12. The molecule has 2 heterocycles. The van der Waals surface area contributed by atoms with Crippen molar-refractivity contribution >= 4 is 17.0 Å². The highest BCUT2D eigenvalue weighted by atomic mass is 19.4. The van der Waals surface area contributed by atoms with Crippen molar-refractivity contribution in [3.63, 3.8) is 0 Å². The molecular formula is C12H12F3N3O3. The highest BCUT2D eigenvalue weighted by Gasteiger charge is 2.38. The molecule has 1 aromatic carbocycles. The first-order chi connectivity index (χ1) is 9.70. The number of imidazole rings is 1. The van der Waals surface area contributed by atoms with E-state index in [4.69, 9.17) is 15.6 Å². The Bertz CT molecular complexity index is 733. The van der Waals surface area contributed by atoms with Crippen LogP contribution >= 0.6 is 0 Å². The molecule has 1 aromatic heterocycles. The summed E-state index contributed by atoms with van der Waals surface area (Å²) in [6.07, 6.45) is -4.23. The number of nitrogens with two attached hydrogens (primary N) is 1. The van der Waals surface area contributed by atoms with Gasteiger partial charge in [0.15, 0.2) is 0 Å². The highest BCUT2D eigenvalue weighted by Crippen LogP contribution is 2.21. The lowest BCUT2D eigenvalue weighted by Gasteiger charge is -2.19. The molecule has 0 saturated heterocycles. The van der Waals surface area contributed by atoms with Crippen molar-refractivity contribution in [2.24, 2.45) is 5.73 Å². The van der Waals surface area contributed by atoms with Crippen LogP contribution in [0.25, 0.3) is 11.0 Å². The molecule has 1 aliphatic heterocycles. The number of H-pyrrole nitrogens is 1. The van der Waals surface area contributed by atoms with Crippen molar-refractivity contribution in [3.05, 3.63) is 34.2 Å². The number of hydrogen-bond donors (Lipinski definition) is 3. The van der Waals surface area contributed by atoms with Gasteiger partial charge in [-0.05, 0) is 18.1 Å². The van der Waals surface area contributed by atoms with Crippen LogP contribution in [0, 0.1) is 0 Å². The van der Waals surface area contributed by atoms with Gasteiger partial charge >= 0.3 is 17.8 Å². The van der Waals surface area contributed by atoms with Gasteiger partial charge in [-0.15, -0.1) is 0 Å². The molecule has 1 atom stereocenters. The van der Waals surface area contributed by atoms with Gasteiger partial charge in [-0.25, -0.2) is 9.59 Å². The molecule has 1 aliphatic rings. The summed E-state index contributed by atoms with van der Waals surface area (Å²) in [6.45, 7) is 0.621. The fraction of sp³-hybridized carbons (Fsp3) is 0.333. The summed E-state index contributed by atoms with van der Waals surface area (Å²) in [5.74, 6) is -2.76. The number of alkyl halides is 3. The zero-order chi connectivity index (χ0) is 15.8. The maximum absolute atomic E-state index is 11.6. The van der Waals surface area contributed by atoms with E-state index in [1.807, 2.05) is 18.2 Å². The normalized spacial score (nSPS) is 17.2. The second-order valence-corrected chi connectivity index (χ2v) is 4.62. The number of rotatable bonds is 0. The van der Waals surface area contributed by atoms with Crippen molar-refractivity contribution in [1.82, 2.24) is 9.55 Å². The van der Waals surface area contributed by atoms with E-state index in [1.54, 1.807) is 4.57 Å². The van der Waals surface area contributed by atoms with E-state index in [0.717, 1.165) is 17.5 Å². The smallest absolute Gasteiger partial charge is 0.475 e. The number of para-hydroxylation sites is 1. The molecule has 0 saturated carbocycles. The molecule has 0 spiro atoms. The van der Waals surface area contributed by atoms with E-state index in [0.29, 0.717) is 6.54 Å². The Morgan fingerprint density at radius 2 is 2.05 bits per heavy atom. The lowest BCUT2D eigenvalue weighted by molar-refractivity contribution is -0.192. The van der Waals surface area contributed by atoms with Crippen LogP contribution < -0.4 is 11.4 Å². The molecule has 0 radical (unpaired) electrons. The van der Waals surface area contributed by atoms with Gasteiger partial charge in [-0.2, -0.15) is 13.2 Å². The SMILES string of the molecule is NC1Cc2cccc3[nH]c(=O)n(c23)C1.O=C(O)C(F)(F)F. The summed E-state index contributed by atoms with van der Waals surface area (Å²) in [4.78, 5) is 23.3. The van der Waals surface area contributed by atoms with E-state index in [-0.39, 0.29) is 11.7 Å². The van der Waals surface area contributed by atoms with Crippen LogP contribution in [0.15, 0.2) is 23.0 Å². The van der Waals surface area contributed by atoms with E-state index in [1.165, 1.54) is 5.56 Å². The Kier molecular flexibility index (Phi) is 3.77. The summed E-state index contributed by atoms with van der Waals surface area (Å²) in [5.41, 5.74) is 8.94. The number of hydrogen-bond acceptors (Lipinski definition) is 3. The number of carboxylic acids is 1. The van der Waals surface area contributed by atoms with Gasteiger partial charge in [0, 0.05) is 12.6 Å². The fourth-order valence-corrected chi connectivity index (χ4v) is 2.22. The molecule has 0 amide bonds. The Morgan fingerprint density at radius 1 is 1.43 bits per heavy atom. The topological polar surface area (TPSA) is 101 Å². The quantitative estimate of drug-likeness (QED) is 0.671. The lowest BCUT2D eigenvalue weighted by Crippen LogP contribution is -2.35. The highest BCUT2D eigenvalue weighted by molar-refractivity contribution is 5.79. The number of carbonyl (C=O) groups is 1. The maximum atomic E-state index is 11.6. The first kappa shape index (κ1) is 15.1. The van der Waals surface area contributed by atoms with Gasteiger partial charge in [0.05, 0.1) is 11.0 Å². The van der Waals surface area contributed by atoms with Crippen molar-refractivity contribution in [2.45, 2.75) is 25.2 Å². The third-order valence-corrected chi connectivity index (χ3v) is 3.02. The molecule has 21 heavy (non-hydrogen) atoms. The van der Waals surface area contributed by atoms with Crippen LogP contribution in [-0.4, -0.2) is 32.8 Å². The van der Waals surface area contributed by atoms with Gasteiger partial charge in [0.1, 0.15) is 0 Å². The summed E-state index contributed by atoms with van der Waals surface area (Å²) in [6, 6.07) is 5.97. The monoisotopic (exact) mass is 303 g/mol. The molecule has 0 bridgehead atoms. The van der Waals surface area contributed by atoms with Gasteiger partial charge in [0.25, 0.3) is 0 Å². The molecule has 3 rings (SSSR count). The average Bonchev–Trinajstić information content (AvgIpc) is 2.67. The third-order valence-electron chi connectivity index (χ3n) is 3.02. The van der Waals surface area contributed by atoms with Gasteiger partial charge in [-0.3, -0.25) is 4.57 Å². The van der Waals surface area contributed by atoms with Gasteiger partial charge in [0.2, 0.25) is 0 Å². The zero-order valence-corrected chi connectivity index (χ0v) is 10.6. The van der Waals surface area contributed by atoms with E-state index >= 15 is 0 Å². The minimum absolute atomic E-state index is 0.0531. The minimum atomic E-state index is -5.08. The number of aromatic nitrogens is 2. The van der Waals surface area contributed by atoms with E-state index in [9.17, 15) is 18.0 Å². The Hall–Kier alpha value is -2.29. The van der Waals surface area contributed by atoms with Crippen LogP contribution in [0.3, 0.4) is 0 Å². The molecular weight excluding hydrogens is 291 g/mol. The average molecular weight is 303 g/mol. The standard InChI is InChI=1S/C10H11N3O.C2HF3O2/c11-7-4-6-2-1-3-8-9(6)13(5-7)10(14)12-8;3-2(4,5)1(6)7/h1-3,7H,4-5,11H2,(H,12,14);(H,6,7). The van der Waals surface area contributed by atoms with Crippen molar-refractivity contribution in [2.75, 3.05) is 0 Å². The predicted molar refractivity (Wildman–Crippen MR) is 67.9 cm³/mol. The largest absolute Gasteiger partial charge is 0.490 e. The molecule has 2 aromatic rings. The van der Waals surface area contributed by atoms with Gasteiger partial charge in [-0.1, -0.05) is 12.1 Å². The molecule has 4 N–H and O–H groups in total. The number of carboxylic acid groups (broad SMARTS) is 1. The lowest BCUT2D eigenvalue weighted by atomic mass is 10.0. The molecule has 114 valence electrons. The van der Waals surface area contributed by atoms with Crippen LogP contribution in [0.5, 0.6) is 0 Å². The number of halogens is 3. The number of aliphatic carboxylic acids is 1. The van der Waals surface area contributed by atoms with Gasteiger partial charge < -0.3 is 15.8 Å². The summed E-state index contributed by atoms with van der Waals surface area (Å²) < 4.78 is 33.5. The van der Waals surface area contributed by atoms with E-state index in [2.05, 4.69) is 4.98 Å². The van der Waals surface area contributed by atoms with Crippen LogP contribution in [0.1, 0.15) is 5.56 Å². The van der Waals surface area contributed by atoms with Crippen LogP contribution in [-0.2, 0) is 17.8 Å². The second kappa shape index (κ2) is 5.24. The zero-order valence-electron chi connectivity index (χ0n) is 10.6. The first-order valence-electron chi connectivity index (χ1n) is 5.96. The number of benzene rings is 1. The molecule has 1 unspecified atom stereocenters. The third kappa shape index (κ3) is 3.07. The Labute approximate surface area is 116 Å². The molecule has 9 heteroatoms. The van der Waals surface area contributed by atoms with Crippen LogP contribution in [0.2, 0.25) is 0 Å². The number of nitrogens with one attached hydrogen (secondary N) is 1. The fourth-order valence-electron chi connectivity index (χ4n) is 2.22. The van der Waals surface area contributed by atoms with E-state index < -0.39 is 12.1 Å². The van der Waals surface area contributed by atoms with Crippen molar-refractivity contribution in [1.29, 1.82) is 0 Å². The molecule has 6 nitrogen and oxygen atoms in total. The second-order valence-electron chi connectivity index (χ2n) is 4.62. The van der Waals surface area contributed by atoms with Crippen molar-refractivity contribution < 1.29 is 23.1 Å². The number of nitrogens with zero attached hydrogens (tertiary/aromatic N) is 1. The van der Waals surface area contributed by atoms with Crippen LogP contribution in [0.4, 0.5) is 13.2 Å². The molecule has 0 aliphatic carbocycles. The number of aromatic amines is 1. The van der Waals surface area contributed by atoms with Crippen molar-refractivity contribution in [3.8, 4) is 0 Å². The molecule has 0 fully saturated rings. The Balaban J connectivity index is 0.000000199. The minimum Gasteiger partial charge on any atom is -0.475 e. The first-order valence-corrected chi connectivity index (χ1v) is 5.96. The summed E-state index contributed by atoms with van der Waals surface area (Å²) in [7, 11) is 0. The summed E-state index contributed by atoms with van der Waals surface area (Å²) >= 11 is 0. The maximum Gasteiger partial charge on any atom is 0.490 e. The predicted octanol–water partition coefficient (Wildman–Crippen LogP) is 0.846.